The van der Waals surface area contributed by atoms with Crippen molar-refractivity contribution in [3.63, 3.8) is 0 Å². The third kappa shape index (κ3) is 3.19. The minimum absolute atomic E-state index is 0.278. The van der Waals surface area contributed by atoms with Gasteiger partial charge in [0.15, 0.2) is 5.69 Å². The lowest BCUT2D eigenvalue weighted by atomic mass is 10.1. The quantitative estimate of drug-likeness (QED) is 0.657. The number of hydrogen-bond donors (Lipinski definition) is 0. The predicted octanol–water partition coefficient (Wildman–Crippen LogP) is 3.21. The van der Waals surface area contributed by atoms with Crippen LogP contribution in [-0.4, -0.2) is 32.1 Å². The topological polar surface area (TPSA) is 61.9 Å². The number of ether oxygens (including phenoxy) is 1. The third-order valence-corrected chi connectivity index (χ3v) is 3.76. The summed E-state index contributed by atoms with van der Waals surface area (Å²) in [5, 5.41) is 8.57. The van der Waals surface area contributed by atoms with Crippen molar-refractivity contribution in [2.75, 3.05) is 6.61 Å². The van der Waals surface area contributed by atoms with Gasteiger partial charge in [-0.3, -0.25) is 4.68 Å². The highest BCUT2D eigenvalue weighted by Crippen LogP contribution is 2.25. The fourth-order valence-electron chi connectivity index (χ4n) is 2.25. The summed E-state index contributed by atoms with van der Waals surface area (Å²) in [6.45, 7) is 2.07. The highest BCUT2D eigenvalue weighted by molar-refractivity contribution is 9.10. The summed E-state index contributed by atoms with van der Waals surface area (Å²) >= 11 is 3.44. The number of rotatable bonds is 4. The van der Waals surface area contributed by atoms with Gasteiger partial charge in [-0.25, -0.2) is 9.48 Å². The van der Waals surface area contributed by atoms with E-state index in [0.29, 0.717) is 12.2 Å². The van der Waals surface area contributed by atoms with E-state index in [-0.39, 0.29) is 5.69 Å². The van der Waals surface area contributed by atoms with Gasteiger partial charge in [0, 0.05) is 35.0 Å². The number of esters is 1. The molecule has 0 saturated heterocycles. The Morgan fingerprint density at radius 1 is 1.35 bits per heavy atom. The summed E-state index contributed by atoms with van der Waals surface area (Å²) in [5.41, 5.74) is 2.63. The average molecular weight is 375 g/mol. The molecule has 0 amide bonds. The molecule has 3 rings (SSSR count). The second kappa shape index (κ2) is 6.37. The van der Waals surface area contributed by atoms with E-state index >= 15 is 0 Å². The minimum Gasteiger partial charge on any atom is -0.461 e. The van der Waals surface area contributed by atoms with Crippen molar-refractivity contribution in [1.82, 2.24) is 19.6 Å². The van der Waals surface area contributed by atoms with Gasteiger partial charge in [0.2, 0.25) is 0 Å². The van der Waals surface area contributed by atoms with Gasteiger partial charge in [0.05, 0.1) is 18.5 Å². The van der Waals surface area contributed by atoms with Gasteiger partial charge in [-0.15, -0.1) is 0 Å². The molecule has 2 aromatic heterocycles. The molecule has 0 fully saturated rings. The van der Waals surface area contributed by atoms with Crippen LogP contribution in [0.2, 0.25) is 0 Å². The van der Waals surface area contributed by atoms with E-state index in [1.165, 1.54) is 0 Å². The first kappa shape index (κ1) is 15.5. The number of hydrogen-bond acceptors (Lipinski definition) is 4. The first-order valence-corrected chi connectivity index (χ1v) is 7.89. The predicted molar refractivity (Wildman–Crippen MR) is 89.4 cm³/mol. The molecule has 0 aliphatic heterocycles. The average Bonchev–Trinajstić information content (AvgIpc) is 3.13. The Bertz CT molecular complexity index is 853. The van der Waals surface area contributed by atoms with Crippen molar-refractivity contribution in [3.8, 4) is 16.8 Å². The fraction of sp³-hybridized carbons (Fsp3) is 0.188. The molecule has 6 nitrogen and oxygen atoms in total. The summed E-state index contributed by atoms with van der Waals surface area (Å²) in [4.78, 5) is 12.2. The molecule has 0 aliphatic carbocycles. The number of carbonyl (C=O) groups is 1. The Morgan fingerprint density at radius 3 is 2.83 bits per heavy atom. The molecule has 7 heteroatoms. The van der Waals surface area contributed by atoms with Crippen molar-refractivity contribution in [2.45, 2.75) is 6.92 Å². The summed E-state index contributed by atoms with van der Waals surface area (Å²) in [7, 11) is 1.83. The summed E-state index contributed by atoms with van der Waals surface area (Å²) in [6.07, 6.45) is 5.35. The second-order valence-corrected chi connectivity index (χ2v) is 5.85. The van der Waals surface area contributed by atoms with Crippen LogP contribution >= 0.6 is 15.9 Å². The van der Waals surface area contributed by atoms with Crippen LogP contribution in [-0.2, 0) is 11.8 Å². The van der Waals surface area contributed by atoms with Crippen molar-refractivity contribution >= 4 is 21.9 Å². The zero-order chi connectivity index (χ0) is 16.4. The van der Waals surface area contributed by atoms with Gasteiger partial charge >= 0.3 is 5.97 Å². The molecule has 0 saturated carbocycles. The second-order valence-electron chi connectivity index (χ2n) is 4.94. The molecule has 0 aliphatic rings. The number of carbonyl (C=O) groups excluding carboxylic acids is 1. The molecular weight excluding hydrogens is 360 g/mol. The molecule has 1 aromatic carbocycles. The van der Waals surface area contributed by atoms with Gasteiger partial charge in [-0.05, 0) is 25.1 Å². The lowest BCUT2D eigenvalue weighted by Gasteiger charge is -2.01. The van der Waals surface area contributed by atoms with Crippen LogP contribution in [0.3, 0.4) is 0 Å². The molecule has 0 N–H and O–H groups in total. The van der Waals surface area contributed by atoms with Crippen LogP contribution in [0.1, 0.15) is 17.4 Å². The lowest BCUT2D eigenvalue weighted by molar-refractivity contribution is 0.0520. The Morgan fingerprint density at radius 2 is 2.17 bits per heavy atom. The van der Waals surface area contributed by atoms with E-state index in [2.05, 4.69) is 26.1 Å². The van der Waals surface area contributed by atoms with E-state index in [1.54, 1.807) is 22.5 Å². The maximum atomic E-state index is 12.2. The largest absolute Gasteiger partial charge is 0.461 e. The van der Waals surface area contributed by atoms with Crippen molar-refractivity contribution in [2.24, 2.45) is 7.05 Å². The van der Waals surface area contributed by atoms with Crippen LogP contribution in [0, 0.1) is 0 Å². The Labute approximate surface area is 141 Å². The van der Waals surface area contributed by atoms with E-state index < -0.39 is 5.97 Å². The third-order valence-electron chi connectivity index (χ3n) is 3.27. The van der Waals surface area contributed by atoms with Crippen LogP contribution in [0.5, 0.6) is 0 Å². The van der Waals surface area contributed by atoms with Crippen LogP contribution in [0.15, 0.2) is 47.3 Å². The van der Waals surface area contributed by atoms with Gasteiger partial charge in [0.25, 0.3) is 0 Å². The molecular formula is C16H15BrN4O2. The van der Waals surface area contributed by atoms with E-state index in [0.717, 1.165) is 15.7 Å². The number of nitrogens with zero attached hydrogens (tertiary/aromatic N) is 4. The molecule has 0 radical (unpaired) electrons. The molecule has 0 atom stereocenters. The van der Waals surface area contributed by atoms with Gasteiger partial charge in [-0.2, -0.15) is 10.2 Å². The standard InChI is InChI=1S/C16H15BrN4O2/c1-3-23-16(22)15-14(11-8-18-20(2)9-11)10-21(19-15)13-6-4-5-12(17)7-13/h4-10H,3H2,1-2H3. The molecule has 0 unspecified atom stereocenters. The summed E-state index contributed by atoms with van der Waals surface area (Å²) in [6, 6.07) is 7.69. The number of benzene rings is 1. The highest BCUT2D eigenvalue weighted by Gasteiger charge is 2.20. The first-order chi connectivity index (χ1) is 11.1. The van der Waals surface area contributed by atoms with Crippen molar-refractivity contribution in [1.29, 1.82) is 0 Å². The maximum absolute atomic E-state index is 12.2. The zero-order valence-electron chi connectivity index (χ0n) is 12.7. The lowest BCUT2D eigenvalue weighted by Crippen LogP contribution is -2.07. The number of aryl methyl sites for hydroxylation is 1. The number of halogens is 1. The maximum Gasteiger partial charge on any atom is 0.359 e. The van der Waals surface area contributed by atoms with Crippen molar-refractivity contribution in [3.05, 3.63) is 53.0 Å². The van der Waals surface area contributed by atoms with E-state index in [4.69, 9.17) is 4.74 Å². The SMILES string of the molecule is CCOC(=O)c1nn(-c2cccc(Br)c2)cc1-c1cnn(C)c1. The molecule has 23 heavy (non-hydrogen) atoms. The first-order valence-electron chi connectivity index (χ1n) is 7.10. The molecule has 0 bridgehead atoms. The molecule has 2 heterocycles. The van der Waals surface area contributed by atoms with Gasteiger partial charge < -0.3 is 4.74 Å². The van der Waals surface area contributed by atoms with Crippen molar-refractivity contribution < 1.29 is 9.53 Å². The smallest absolute Gasteiger partial charge is 0.359 e. The Hall–Kier alpha value is -2.41. The normalized spacial score (nSPS) is 10.7. The van der Waals surface area contributed by atoms with Gasteiger partial charge in [0.1, 0.15) is 0 Å². The monoisotopic (exact) mass is 374 g/mol. The summed E-state index contributed by atoms with van der Waals surface area (Å²) < 4.78 is 9.40. The molecule has 118 valence electrons. The van der Waals surface area contributed by atoms with E-state index in [1.807, 2.05) is 43.7 Å². The van der Waals surface area contributed by atoms with Crippen LogP contribution < -0.4 is 0 Å². The van der Waals surface area contributed by atoms with Gasteiger partial charge in [-0.1, -0.05) is 22.0 Å². The number of aromatic nitrogens is 4. The minimum atomic E-state index is -0.444. The zero-order valence-corrected chi connectivity index (χ0v) is 14.3. The highest BCUT2D eigenvalue weighted by atomic mass is 79.9. The van der Waals surface area contributed by atoms with E-state index in [9.17, 15) is 4.79 Å². The fourth-order valence-corrected chi connectivity index (χ4v) is 2.63. The Balaban J connectivity index is 2.11. The van der Waals surface area contributed by atoms with Crippen LogP contribution in [0.25, 0.3) is 16.8 Å². The Kier molecular flexibility index (Phi) is 4.29. The summed E-state index contributed by atoms with van der Waals surface area (Å²) in [5.74, 6) is -0.444. The molecule has 3 aromatic rings. The van der Waals surface area contributed by atoms with Crippen LogP contribution in [0.4, 0.5) is 0 Å². The molecule has 0 spiro atoms.